The van der Waals surface area contributed by atoms with Crippen LogP contribution in [0.5, 0.6) is 5.75 Å². The van der Waals surface area contributed by atoms with Gasteiger partial charge in [-0.1, -0.05) is 65.8 Å². The second-order valence-corrected chi connectivity index (χ2v) is 8.21. The first-order valence-electron chi connectivity index (χ1n) is 9.37. The number of hydrazine groups is 2. The topological polar surface area (TPSA) is 61.5 Å². The molecule has 4 N–H and O–H groups in total. The lowest BCUT2D eigenvalue weighted by Gasteiger charge is -2.32. The number of nitrogens with zero attached hydrogens (tertiary/aromatic N) is 1. The molecule has 0 heterocycles. The first-order valence-corrected chi connectivity index (χ1v) is 9.37. The maximum Gasteiger partial charge on any atom is 0.146 e. The van der Waals surface area contributed by atoms with Crippen LogP contribution in [0, 0.1) is 0 Å². The van der Waals surface area contributed by atoms with Crippen LogP contribution in [-0.4, -0.2) is 5.11 Å². The van der Waals surface area contributed by atoms with Crippen LogP contribution in [0.25, 0.3) is 0 Å². The summed E-state index contributed by atoms with van der Waals surface area (Å²) in [7, 11) is 0. The number of phenolic OH excluding ortho intramolecular Hbond substituents is 1. The predicted molar refractivity (Wildman–Crippen MR) is 111 cm³/mol. The molecule has 4 nitrogen and oxygen atoms in total. The quantitative estimate of drug-likeness (QED) is 0.455. The van der Waals surface area contributed by atoms with Gasteiger partial charge in [0.2, 0.25) is 0 Å². The molecule has 0 fully saturated rings. The Morgan fingerprint density at radius 3 is 2.08 bits per heavy atom. The van der Waals surface area contributed by atoms with E-state index in [4.69, 9.17) is 5.84 Å². The van der Waals surface area contributed by atoms with Crippen LogP contribution in [0.3, 0.4) is 0 Å². The SMILES string of the molecule is CCC(C)(C)c1cc(N(N)Nc2ccccc2)c(O)c(C(C)(C)CC)c1. The van der Waals surface area contributed by atoms with Crippen molar-refractivity contribution in [1.29, 1.82) is 0 Å². The maximum atomic E-state index is 11.0. The van der Waals surface area contributed by atoms with Crippen molar-refractivity contribution >= 4 is 11.4 Å². The molecule has 0 aliphatic carbocycles. The molecule has 0 aliphatic rings. The fourth-order valence-corrected chi connectivity index (χ4v) is 2.82. The van der Waals surface area contributed by atoms with E-state index in [2.05, 4.69) is 53.0 Å². The smallest absolute Gasteiger partial charge is 0.146 e. The molecule has 0 spiro atoms. The Kier molecular flexibility index (Phi) is 5.87. The van der Waals surface area contributed by atoms with Crippen molar-refractivity contribution in [3.05, 3.63) is 53.6 Å². The van der Waals surface area contributed by atoms with Gasteiger partial charge in [0.15, 0.2) is 0 Å². The molecule has 2 aromatic carbocycles. The van der Waals surface area contributed by atoms with E-state index in [-0.39, 0.29) is 16.6 Å². The highest BCUT2D eigenvalue weighted by molar-refractivity contribution is 5.67. The van der Waals surface area contributed by atoms with Gasteiger partial charge in [-0.25, -0.2) is 11.0 Å². The van der Waals surface area contributed by atoms with Crippen LogP contribution in [0.2, 0.25) is 0 Å². The van der Waals surface area contributed by atoms with Gasteiger partial charge in [0, 0.05) is 5.56 Å². The average molecular weight is 356 g/mol. The van der Waals surface area contributed by atoms with E-state index < -0.39 is 0 Å². The Morgan fingerprint density at radius 2 is 1.54 bits per heavy atom. The van der Waals surface area contributed by atoms with Gasteiger partial charge in [0.25, 0.3) is 0 Å². The summed E-state index contributed by atoms with van der Waals surface area (Å²) in [5.41, 5.74) is 6.55. The monoisotopic (exact) mass is 355 g/mol. The number of hydrogen-bond acceptors (Lipinski definition) is 4. The second-order valence-electron chi connectivity index (χ2n) is 8.21. The molecule has 142 valence electrons. The van der Waals surface area contributed by atoms with E-state index in [1.807, 2.05) is 36.4 Å². The zero-order chi connectivity index (χ0) is 19.5. The molecule has 2 aromatic rings. The highest BCUT2D eigenvalue weighted by atomic mass is 16.3. The normalized spacial score (nSPS) is 12.1. The first kappa shape index (κ1) is 20.1. The minimum absolute atomic E-state index is 0.00535. The maximum absolute atomic E-state index is 11.0. The summed E-state index contributed by atoms with van der Waals surface area (Å²) < 4.78 is 0. The Balaban J connectivity index is 2.56. The number of benzene rings is 2. The fourth-order valence-electron chi connectivity index (χ4n) is 2.82. The number of rotatable bonds is 7. The van der Waals surface area contributed by atoms with E-state index in [9.17, 15) is 5.11 Å². The molecular formula is C22H33N3O. The van der Waals surface area contributed by atoms with Gasteiger partial charge in [0.05, 0.1) is 5.69 Å². The molecule has 0 aliphatic heterocycles. The van der Waals surface area contributed by atoms with Crippen LogP contribution in [-0.2, 0) is 10.8 Å². The molecule has 0 radical (unpaired) electrons. The number of nitrogens with one attached hydrogen (secondary N) is 1. The Hall–Kier alpha value is -2.20. The minimum Gasteiger partial charge on any atom is -0.505 e. The largest absolute Gasteiger partial charge is 0.505 e. The third kappa shape index (κ3) is 4.13. The summed E-state index contributed by atoms with van der Waals surface area (Å²) in [6, 6.07) is 13.8. The molecular weight excluding hydrogens is 322 g/mol. The number of hydrogen-bond donors (Lipinski definition) is 3. The minimum atomic E-state index is -0.147. The summed E-state index contributed by atoms with van der Waals surface area (Å²) >= 11 is 0. The zero-order valence-corrected chi connectivity index (χ0v) is 16.9. The van der Waals surface area contributed by atoms with E-state index in [0.29, 0.717) is 5.69 Å². The number of para-hydroxylation sites is 1. The molecule has 0 aromatic heterocycles. The summed E-state index contributed by atoms with van der Waals surface area (Å²) in [5, 5.41) is 12.4. The Morgan fingerprint density at radius 1 is 0.962 bits per heavy atom. The van der Waals surface area contributed by atoms with Gasteiger partial charge >= 0.3 is 0 Å². The van der Waals surface area contributed by atoms with Crippen molar-refractivity contribution in [1.82, 2.24) is 0 Å². The van der Waals surface area contributed by atoms with Crippen LogP contribution in [0.4, 0.5) is 11.4 Å². The van der Waals surface area contributed by atoms with Crippen LogP contribution < -0.4 is 16.4 Å². The first-order chi connectivity index (χ1) is 12.1. The van der Waals surface area contributed by atoms with E-state index in [0.717, 1.165) is 24.1 Å². The third-order valence-electron chi connectivity index (χ3n) is 5.65. The van der Waals surface area contributed by atoms with Gasteiger partial charge in [-0.3, -0.25) is 5.43 Å². The van der Waals surface area contributed by atoms with Gasteiger partial charge < -0.3 is 5.11 Å². The summed E-state index contributed by atoms with van der Waals surface area (Å²) in [6.07, 6.45) is 1.92. The highest BCUT2D eigenvalue weighted by Crippen LogP contribution is 2.43. The van der Waals surface area contributed by atoms with E-state index in [1.165, 1.54) is 10.7 Å². The van der Waals surface area contributed by atoms with Crippen molar-refractivity contribution in [2.24, 2.45) is 5.84 Å². The molecule has 0 unspecified atom stereocenters. The van der Waals surface area contributed by atoms with Crippen molar-refractivity contribution in [3.63, 3.8) is 0 Å². The van der Waals surface area contributed by atoms with Crippen LogP contribution >= 0.6 is 0 Å². The molecule has 26 heavy (non-hydrogen) atoms. The number of nitrogens with two attached hydrogens (primary N) is 1. The van der Waals surface area contributed by atoms with Crippen molar-refractivity contribution in [2.45, 2.75) is 65.2 Å². The molecule has 4 heteroatoms. The predicted octanol–water partition coefficient (Wildman–Crippen LogP) is 5.47. The van der Waals surface area contributed by atoms with Crippen LogP contribution in [0.15, 0.2) is 42.5 Å². The standard InChI is InChI=1S/C22H33N3O/c1-7-21(3,4)16-14-18(22(5,6)8-2)20(26)19(15-16)25(23)24-17-12-10-9-11-13-17/h9-15,24,26H,7-8,23H2,1-6H3. The van der Waals surface area contributed by atoms with E-state index >= 15 is 0 Å². The zero-order valence-electron chi connectivity index (χ0n) is 16.9. The molecule has 2 rings (SSSR count). The number of anilines is 2. The summed E-state index contributed by atoms with van der Waals surface area (Å²) in [4.78, 5) is 0. The summed E-state index contributed by atoms with van der Waals surface area (Å²) in [6.45, 7) is 13.1. The average Bonchev–Trinajstić information content (AvgIpc) is 2.62. The lowest BCUT2D eigenvalue weighted by Crippen LogP contribution is -2.37. The second kappa shape index (κ2) is 7.58. The van der Waals surface area contributed by atoms with Crippen LogP contribution in [0.1, 0.15) is 65.5 Å². The summed E-state index contributed by atoms with van der Waals surface area (Å²) in [5.74, 6) is 6.53. The molecule has 0 saturated carbocycles. The van der Waals surface area contributed by atoms with Gasteiger partial charge in [-0.15, -0.1) is 0 Å². The Labute approximate surface area is 158 Å². The molecule has 0 saturated heterocycles. The van der Waals surface area contributed by atoms with Gasteiger partial charge in [0.1, 0.15) is 11.4 Å². The fraction of sp³-hybridized carbons (Fsp3) is 0.455. The lowest BCUT2D eigenvalue weighted by molar-refractivity contribution is 0.425. The number of aromatic hydroxyl groups is 1. The number of phenols is 1. The van der Waals surface area contributed by atoms with Gasteiger partial charge in [-0.2, -0.15) is 0 Å². The lowest BCUT2D eigenvalue weighted by atomic mass is 9.76. The molecule has 0 atom stereocenters. The van der Waals surface area contributed by atoms with Gasteiger partial charge in [-0.05, 0) is 47.4 Å². The van der Waals surface area contributed by atoms with Crippen molar-refractivity contribution < 1.29 is 5.11 Å². The third-order valence-corrected chi connectivity index (χ3v) is 5.65. The highest BCUT2D eigenvalue weighted by Gasteiger charge is 2.29. The Bertz CT molecular complexity index is 739. The van der Waals surface area contributed by atoms with Crippen molar-refractivity contribution in [3.8, 4) is 5.75 Å². The van der Waals surface area contributed by atoms with E-state index in [1.54, 1.807) is 0 Å². The molecule has 0 bridgehead atoms. The molecule has 0 amide bonds. The van der Waals surface area contributed by atoms with Crippen molar-refractivity contribution in [2.75, 3.05) is 10.5 Å².